The summed E-state index contributed by atoms with van der Waals surface area (Å²) in [6, 6.07) is 9.50. The van der Waals surface area contributed by atoms with E-state index in [1.165, 1.54) is 4.90 Å². The molecule has 0 spiro atoms. The van der Waals surface area contributed by atoms with E-state index in [9.17, 15) is 22.8 Å². The first kappa shape index (κ1) is 18.7. The molecule has 8 heteroatoms. The molecule has 2 fully saturated rings. The molecule has 0 aromatic heterocycles. The lowest BCUT2D eigenvalue weighted by atomic mass is 9.72. The molecule has 1 saturated heterocycles. The lowest BCUT2D eigenvalue weighted by molar-refractivity contribution is -0.188. The molecule has 2 aliphatic rings. The SMILES string of the molecule is O=C(CN1C[C@@H](C(F)(F)F)[C@H](C(=O)O)C1)NC1(c2ccccc2)CCC1. The Morgan fingerprint density at radius 3 is 2.31 bits per heavy atom. The average Bonchev–Trinajstić information content (AvgIpc) is 2.96. The molecule has 1 amide bonds. The highest BCUT2D eigenvalue weighted by atomic mass is 19.4. The van der Waals surface area contributed by atoms with Crippen molar-refractivity contribution in [2.75, 3.05) is 19.6 Å². The third kappa shape index (κ3) is 3.70. The zero-order valence-electron chi connectivity index (χ0n) is 14.1. The van der Waals surface area contributed by atoms with Gasteiger partial charge in [0, 0.05) is 13.1 Å². The number of rotatable bonds is 5. The molecule has 0 unspecified atom stereocenters. The van der Waals surface area contributed by atoms with Gasteiger partial charge in [-0.1, -0.05) is 30.3 Å². The standard InChI is InChI=1S/C18H21F3N2O3/c19-18(20,21)14-10-23(9-13(14)16(25)26)11-15(24)22-17(7-4-8-17)12-5-2-1-3-6-12/h1-3,5-6,13-14H,4,7-11H2,(H,22,24)(H,25,26)/t13-,14-/m1/s1. The third-order valence-corrected chi connectivity index (χ3v) is 5.41. The molecule has 1 aromatic rings. The fraction of sp³-hybridized carbons (Fsp3) is 0.556. The molecule has 2 N–H and O–H groups in total. The Morgan fingerprint density at radius 1 is 1.19 bits per heavy atom. The maximum Gasteiger partial charge on any atom is 0.393 e. The second-order valence-corrected chi connectivity index (χ2v) is 7.14. The van der Waals surface area contributed by atoms with Crippen molar-refractivity contribution < 1.29 is 27.9 Å². The predicted molar refractivity (Wildman–Crippen MR) is 87.2 cm³/mol. The van der Waals surface area contributed by atoms with Gasteiger partial charge in [-0.2, -0.15) is 13.2 Å². The van der Waals surface area contributed by atoms with Gasteiger partial charge >= 0.3 is 12.1 Å². The van der Waals surface area contributed by atoms with E-state index < -0.39 is 36.1 Å². The molecule has 1 aliphatic heterocycles. The largest absolute Gasteiger partial charge is 0.481 e. The third-order valence-electron chi connectivity index (χ3n) is 5.41. The molecule has 26 heavy (non-hydrogen) atoms. The number of likely N-dealkylation sites (tertiary alicyclic amines) is 1. The Morgan fingerprint density at radius 2 is 1.85 bits per heavy atom. The summed E-state index contributed by atoms with van der Waals surface area (Å²) < 4.78 is 39.1. The van der Waals surface area contributed by atoms with Gasteiger partial charge in [0.05, 0.1) is 23.9 Å². The summed E-state index contributed by atoms with van der Waals surface area (Å²) >= 11 is 0. The Labute approximate surface area is 149 Å². The second-order valence-electron chi connectivity index (χ2n) is 7.14. The van der Waals surface area contributed by atoms with Gasteiger partial charge in [-0.25, -0.2) is 0 Å². The van der Waals surface area contributed by atoms with E-state index in [1.807, 2.05) is 30.3 Å². The maximum absolute atomic E-state index is 13.0. The van der Waals surface area contributed by atoms with Crippen LogP contribution in [0.1, 0.15) is 24.8 Å². The van der Waals surface area contributed by atoms with E-state index in [2.05, 4.69) is 5.32 Å². The molecule has 1 aliphatic carbocycles. The molecule has 2 atom stereocenters. The Kier molecular flexibility index (Phi) is 4.96. The summed E-state index contributed by atoms with van der Waals surface area (Å²) in [4.78, 5) is 24.8. The molecule has 0 radical (unpaired) electrons. The van der Waals surface area contributed by atoms with Crippen LogP contribution in [0.3, 0.4) is 0 Å². The van der Waals surface area contributed by atoms with Crippen LogP contribution >= 0.6 is 0 Å². The number of hydrogen-bond donors (Lipinski definition) is 2. The summed E-state index contributed by atoms with van der Waals surface area (Å²) in [6.07, 6.45) is -2.05. The highest BCUT2D eigenvalue weighted by Crippen LogP contribution is 2.41. The lowest BCUT2D eigenvalue weighted by Gasteiger charge is -2.43. The predicted octanol–water partition coefficient (Wildman–Crippen LogP) is 2.38. The quantitative estimate of drug-likeness (QED) is 0.835. The van der Waals surface area contributed by atoms with Gasteiger partial charge in [0.2, 0.25) is 5.91 Å². The Bertz CT molecular complexity index is 674. The van der Waals surface area contributed by atoms with Crippen LogP contribution in [0.5, 0.6) is 0 Å². The minimum Gasteiger partial charge on any atom is -0.481 e. The number of benzene rings is 1. The molecular weight excluding hydrogens is 349 g/mol. The van der Waals surface area contributed by atoms with Crippen LogP contribution in [0.25, 0.3) is 0 Å². The normalized spacial score (nSPS) is 25.5. The molecular formula is C18H21F3N2O3. The van der Waals surface area contributed by atoms with Crippen molar-refractivity contribution in [2.45, 2.75) is 31.0 Å². The van der Waals surface area contributed by atoms with Gasteiger partial charge in [0.25, 0.3) is 0 Å². The van der Waals surface area contributed by atoms with Gasteiger partial charge in [-0.05, 0) is 24.8 Å². The number of nitrogens with one attached hydrogen (secondary N) is 1. The fourth-order valence-electron chi connectivity index (χ4n) is 3.88. The van der Waals surface area contributed by atoms with Crippen molar-refractivity contribution in [1.29, 1.82) is 0 Å². The number of nitrogens with zero attached hydrogens (tertiary/aromatic N) is 1. The summed E-state index contributed by atoms with van der Waals surface area (Å²) in [5, 5.41) is 12.0. The first-order chi connectivity index (χ1) is 12.2. The van der Waals surface area contributed by atoms with E-state index in [-0.39, 0.29) is 19.0 Å². The van der Waals surface area contributed by atoms with Crippen LogP contribution in [-0.4, -0.2) is 47.7 Å². The molecule has 0 bridgehead atoms. The van der Waals surface area contributed by atoms with Crippen LogP contribution < -0.4 is 5.32 Å². The van der Waals surface area contributed by atoms with Crippen molar-refractivity contribution in [1.82, 2.24) is 10.2 Å². The van der Waals surface area contributed by atoms with E-state index in [0.29, 0.717) is 0 Å². The zero-order chi connectivity index (χ0) is 18.9. The number of amides is 1. The van der Waals surface area contributed by atoms with E-state index in [0.717, 1.165) is 24.8 Å². The number of carbonyl (C=O) groups excluding carboxylic acids is 1. The Balaban J connectivity index is 1.64. The van der Waals surface area contributed by atoms with Crippen LogP contribution in [-0.2, 0) is 15.1 Å². The van der Waals surface area contributed by atoms with Crippen LogP contribution in [0.4, 0.5) is 13.2 Å². The topological polar surface area (TPSA) is 69.6 Å². The highest BCUT2D eigenvalue weighted by Gasteiger charge is 2.52. The number of alkyl halides is 3. The summed E-state index contributed by atoms with van der Waals surface area (Å²) in [7, 11) is 0. The molecule has 1 aromatic carbocycles. The molecule has 3 rings (SSSR count). The van der Waals surface area contributed by atoms with Crippen LogP contribution in [0.15, 0.2) is 30.3 Å². The van der Waals surface area contributed by atoms with Crippen LogP contribution in [0.2, 0.25) is 0 Å². The van der Waals surface area contributed by atoms with Gasteiger partial charge in [-0.3, -0.25) is 14.5 Å². The Hall–Kier alpha value is -2.09. The lowest BCUT2D eigenvalue weighted by Crippen LogP contribution is -2.53. The molecule has 142 valence electrons. The van der Waals surface area contributed by atoms with Crippen molar-refractivity contribution in [3.05, 3.63) is 35.9 Å². The number of carboxylic acids is 1. The number of carbonyl (C=O) groups is 2. The summed E-state index contributed by atoms with van der Waals surface area (Å²) in [5.41, 5.74) is 0.519. The van der Waals surface area contributed by atoms with Gasteiger partial charge in [-0.15, -0.1) is 0 Å². The van der Waals surface area contributed by atoms with Gasteiger partial charge < -0.3 is 10.4 Å². The van der Waals surface area contributed by atoms with E-state index in [4.69, 9.17) is 5.11 Å². The van der Waals surface area contributed by atoms with E-state index in [1.54, 1.807) is 0 Å². The van der Waals surface area contributed by atoms with Crippen molar-refractivity contribution in [2.24, 2.45) is 11.8 Å². The second kappa shape index (κ2) is 6.90. The highest BCUT2D eigenvalue weighted by molar-refractivity contribution is 5.79. The fourth-order valence-corrected chi connectivity index (χ4v) is 3.88. The van der Waals surface area contributed by atoms with Gasteiger partial charge in [0.15, 0.2) is 0 Å². The monoisotopic (exact) mass is 370 g/mol. The summed E-state index contributed by atoms with van der Waals surface area (Å²) in [6.45, 7) is -0.970. The van der Waals surface area contributed by atoms with Crippen molar-refractivity contribution >= 4 is 11.9 Å². The summed E-state index contributed by atoms with van der Waals surface area (Å²) in [5.74, 6) is -5.33. The van der Waals surface area contributed by atoms with Crippen LogP contribution in [0, 0.1) is 11.8 Å². The van der Waals surface area contributed by atoms with Crippen molar-refractivity contribution in [3.8, 4) is 0 Å². The zero-order valence-corrected chi connectivity index (χ0v) is 14.1. The first-order valence-corrected chi connectivity index (χ1v) is 8.60. The van der Waals surface area contributed by atoms with E-state index >= 15 is 0 Å². The number of aliphatic carboxylic acids is 1. The number of halogens is 3. The van der Waals surface area contributed by atoms with Crippen molar-refractivity contribution in [3.63, 3.8) is 0 Å². The number of hydrogen-bond acceptors (Lipinski definition) is 3. The first-order valence-electron chi connectivity index (χ1n) is 8.60. The smallest absolute Gasteiger partial charge is 0.393 e. The molecule has 5 nitrogen and oxygen atoms in total. The number of carboxylic acid groups (broad SMARTS) is 1. The minimum absolute atomic E-state index is 0.231. The molecule has 1 saturated carbocycles. The molecule has 1 heterocycles. The van der Waals surface area contributed by atoms with Gasteiger partial charge in [0.1, 0.15) is 0 Å². The minimum atomic E-state index is -4.59. The average molecular weight is 370 g/mol. The maximum atomic E-state index is 13.0.